The smallest absolute Gasteiger partial charge is 0.253 e. The van der Waals surface area contributed by atoms with Gasteiger partial charge in [0.2, 0.25) is 5.78 Å². The number of aliphatic hydroxyl groups is 1. The highest BCUT2D eigenvalue weighted by Gasteiger charge is 2.28. The van der Waals surface area contributed by atoms with E-state index in [4.69, 9.17) is 0 Å². The number of hydrogen-bond acceptors (Lipinski definition) is 5. The summed E-state index contributed by atoms with van der Waals surface area (Å²) in [7, 11) is 0. The van der Waals surface area contributed by atoms with Crippen molar-refractivity contribution >= 4 is 11.7 Å². The van der Waals surface area contributed by atoms with Gasteiger partial charge in [0.05, 0.1) is 5.57 Å². The van der Waals surface area contributed by atoms with Crippen molar-refractivity contribution in [2.24, 2.45) is 0 Å². The van der Waals surface area contributed by atoms with Crippen LogP contribution in [0.5, 0.6) is 0 Å². The molecule has 1 fully saturated rings. The van der Waals surface area contributed by atoms with Crippen molar-refractivity contribution in [3.8, 4) is 0 Å². The van der Waals surface area contributed by atoms with E-state index in [1.54, 1.807) is 11.8 Å². The topological polar surface area (TPSA) is 81.7 Å². The predicted octanol–water partition coefficient (Wildman–Crippen LogP) is 1.03. The van der Waals surface area contributed by atoms with E-state index in [-0.39, 0.29) is 11.5 Å². The van der Waals surface area contributed by atoms with E-state index >= 15 is 0 Å². The standard InChI is InChI=1S/C14H23N3O3/c1-4-15-16-9-10(3)12(18)13(19)11-7-6-8-17(5-2)14(11)20/h9,15-16,19H,4-8H2,1-3H3/b10-9-,13-11-. The summed E-state index contributed by atoms with van der Waals surface area (Å²) in [6, 6.07) is 0. The summed E-state index contributed by atoms with van der Waals surface area (Å²) in [6.07, 6.45) is 2.69. The lowest BCUT2D eigenvalue weighted by molar-refractivity contribution is -0.129. The van der Waals surface area contributed by atoms with E-state index in [2.05, 4.69) is 10.9 Å². The molecular weight excluding hydrogens is 258 g/mol. The first-order valence-corrected chi connectivity index (χ1v) is 6.94. The van der Waals surface area contributed by atoms with Crippen molar-refractivity contribution < 1.29 is 14.7 Å². The van der Waals surface area contributed by atoms with Gasteiger partial charge < -0.3 is 15.4 Å². The highest BCUT2D eigenvalue weighted by Crippen LogP contribution is 2.21. The lowest BCUT2D eigenvalue weighted by Gasteiger charge is -2.27. The van der Waals surface area contributed by atoms with E-state index < -0.39 is 11.5 Å². The molecule has 0 atom stereocenters. The fraction of sp³-hybridized carbons (Fsp3) is 0.571. The number of carbonyl (C=O) groups is 2. The minimum atomic E-state index is -0.517. The molecule has 1 saturated heterocycles. The Bertz CT molecular complexity index is 441. The Morgan fingerprint density at radius 3 is 2.75 bits per heavy atom. The SMILES string of the molecule is CCNN/C=C(/C)C(=O)/C(O)=C1\CCCN(CC)C1=O. The summed E-state index contributed by atoms with van der Waals surface area (Å²) < 4.78 is 0. The first-order chi connectivity index (χ1) is 9.52. The molecule has 3 N–H and O–H groups in total. The summed E-state index contributed by atoms with van der Waals surface area (Å²) in [5, 5.41) is 10.0. The summed E-state index contributed by atoms with van der Waals surface area (Å²) in [4.78, 5) is 25.8. The van der Waals surface area contributed by atoms with E-state index in [1.165, 1.54) is 6.20 Å². The molecule has 6 nitrogen and oxygen atoms in total. The van der Waals surface area contributed by atoms with E-state index in [0.717, 1.165) is 6.42 Å². The number of Topliss-reactive ketones (excluding diaryl/α,β-unsaturated/α-hetero) is 1. The number of rotatable bonds is 6. The van der Waals surface area contributed by atoms with Crippen LogP contribution in [0.4, 0.5) is 0 Å². The molecule has 1 aliphatic rings. The maximum absolute atomic E-state index is 12.1. The number of likely N-dealkylation sites (N-methyl/N-ethyl adjacent to an activating group) is 1. The molecule has 20 heavy (non-hydrogen) atoms. The number of carbonyl (C=O) groups excluding carboxylic acids is 2. The Morgan fingerprint density at radius 2 is 2.15 bits per heavy atom. The van der Waals surface area contributed by atoms with Crippen LogP contribution in [0.2, 0.25) is 0 Å². The molecule has 0 aromatic rings. The van der Waals surface area contributed by atoms with Crippen LogP contribution in [-0.2, 0) is 9.59 Å². The summed E-state index contributed by atoms with van der Waals surface area (Å²) in [5.41, 5.74) is 6.14. The third-order valence-electron chi connectivity index (χ3n) is 3.21. The second kappa shape index (κ2) is 7.69. The molecule has 1 rings (SSSR count). The maximum atomic E-state index is 12.1. The van der Waals surface area contributed by atoms with Crippen LogP contribution in [0, 0.1) is 0 Å². The van der Waals surface area contributed by atoms with Crippen molar-refractivity contribution in [1.82, 2.24) is 15.8 Å². The Morgan fingerprint density at radius 1 is 1.45 bits per heavy atom. The molecule has 0 bridgehead atoms. The van der Waals surface area contributed by atoms with Crippen LogP contribution in [0.25, 0.3) is 0 Å². The first-order valence-electron chi connectivity index (χ1n) is 6.94. The average molecular weight is 281 g/mol. The molecule has 6 heteroatoms. The van der Waals surface area contributed by atoms with Crippen LogP contribution in [-0.4, -0.2) is 41.3 Å². The number of hydrazine groups is 1. The third kappa shape index (κ3) is 3.84. The van der Waals surface area contributed by atoms with Gasteiger partial charge in [-0.25, -0.2) is 5.43 Å². The van der Waals surface area contributed by atoms with Crippen LogP contribution in [0.1, 0.15) is 33.6 Å². The number of nitrogens with zero attached hydrogens (tertiary/aromatic N) is 1. The number of amides is 1. The van der Waals surface area contributed by atoms with Gasteiger partial charge in [0.15, 0.2) is 5.76 Å². The second-order valence-electron chi connectivity index (χ2n) is 4.65. The third-order valence-corrected chi connectivity index (χ3v) is 3.21. The van der Waals surface area contributed by atoms with E-state index in [1.807, 2.05) is 13.8 Å². The highest BCUT2D eigenvalue weighted by molar-refractivity contribution is 6.11. The summed E-state index contributed by atoms with van der Waals surface area (Å²) >= 11 is 0. The molecule has 0 saturated carbocycles. The molecule has 0 radical (unpaired) electrons. The summed E-state index contributed by atoms with van der Waals surface area (Å²) in [5.74, 6) is -1.19. The Labute approximate surface area is 119 Å². The minimum Gasteiger partial charge on any atom is -0.504 e. The van der Waals surface area contributed by atoms with Gasteiger partial charge in [-0.05, 0) is 26.7 Å². The molecule has 1 aliphatic heterocycles. The van der Waals surface area contributed by atoms with Crippen molar-refractivity contribution in [3.05, 3.63) is 23.1 Å². The Hall–Kier alpha value is -1.82. The number of piperidine rings is 1. The van der Waals surface area contributed by atoms with Crippen molar-refractivity contribution in [3.63, 3.8) is 0 Å². The molecule has 112 valence electrons. The van der Waals surface area contributed by atoms with Gasteiger partial charge in [-0.1, -0.05) is 6.92 Å². The first kappa shape index (κ1) is 16.2. The lowest BCUT2D eigenvalue weighted by Crippen LogP contribution is -2.37. The van der Waals surface area contributed by atoms with Gasteiger partial charge in [0, 0.05) is 31.4 Å². The second-order valence-corrected chi connectivity index (χ2v) is 4.65. The zero-order chi connectivity index (χ0) is 15.1. The molecule has 0 spiro atoms. The van der Waals surface area contributed by atoms with Gasteiger partial charge in [-0.15, -0.1) is 0 Å². The number of likely N-dealkylation sites (tertiary alicyclic amines) is 1. The zero-order valence-electron chi connectivity index (χ0n) is 12.3. The summed E-state index contributed by atoms with van der Waals surface area (Å²) in [6.45, 7) is 7.35. The van der Waals surface area contributed by atoms with E-state index in [9.17, 15) is 14.7 Å². The molecule has 0 aliphatic carbocycles. The quantitative estimate of drug-likeness (QED) is 0.293. The Kier molecular flexibility index (Phi) is 6.24. The average Bonchev–Trinajstić information content (AvgIpc) is 2.46. The predicted molar refractivity (Wildman–Crippen MR) is 76.7 cm³/mol. The highest BCUT2D eigenvalue weighted by atomic mass is 16.3. The number of ketones is 1. The Balaban J connectivity index is 2.88. The van der Waals surface area contributed by atoms with Crippen LogP contribution < -0.4 is 10.9 Å². The van der Waals surface area contributed by atoms with Crippen molar-refractivity contribution in [2.45, 2.75) is 33.6 Å². The molecule has 0 aromatic heterocycles. The van der Waals surface area contributed by atoms with Crippen molar-refractivity contribution in [1.29, 1.82) is 0 Å². The molecule has 1 amide bonds. The number of aliphatic hydroxyl groups excluding tert-OH is 1. The molecular formula is C14H23N3O3. The molecule has 0 unspecified atom stereocenters. The molecule has 1 heterocycles. The van der Waals surface area contributed by atoms with Gasteiger partial charge in [0.1, 0.15) is 0 Å². The van der Waals surface area contributed by atoms with E-state index in [0.29, 0.717) is 31.6 Å². The lowest BCUT2D eigenvalue weighted by atomic mass is 9.99. The zero-order valence-corrected chi connectivity index (χ0v) is 12.3. The fourth-order valence-electron chi connectivity index (χ4n) is 2.02. The number of hydrogen-bond donors (Lipinski definition) is 3. The maximum Gasteiger partial charge on any atom is 0.253 e. The van der Waals surface area contributed by atoms with Gasteiger partial charge >= 0.3 is 0 Å². The van der Waals surface area contributed by atoms with Gasteiger partial charge in [0.25, 0.3) is 5.91 Å². The van der Waals surface area contributed by atoms with Crippen LogP contribution >= 0.6 is 0 Å². The number of allylic oxidation sites excluding steroid dienone is 1. The number of nitrogens with one attached hydrogen (secondary N) is 2. The monoisotopic (exact) mass is 281 g/mol. The normalized spacial score (nSPS) is 19.1. The van der Waals surface area contributed by atoms with Gasteiger partial charge in [-0.3, -0.25) is 9.59 Å². The van der Waals surface area contributed by atoms with Gasteiger partial charge in [-0.2, -0.15) is 0 Å². The van der Waals surface area contributed by atoms with Crippen LogP contribution in [0.15, 0.2) is 23.1 Å². The fourth-order valence-corrected chi connectivity index (χ4v) is 2.02. The van der Waals surface area contributed by atoms with Crippen molar-refractivity contribution in [2.75, 3.05) is 19.6 Å². The van der Waals surface area contributed by atoms with Crippen LogP contribution in [0.3, 0.4) is 0 Å². The minimum absolute atomic E-state index is 0.222. The largest absolute Gasteiger partial charge is 0.504 e. The molecule has 0 aromatic carbocycles.